The molecule has 0 bridgehead atoms. The molecule has 2 amide bonds. The summed E-state index contributed by atoms with van der Waals surface area (Å²) in [4.78, 5) is 25.8. The summed E-state index contributed by atoms with van der Waals surface area (Å²) in [5.41, 5.74) is 1.80. The molecule has 1 N–H and O–H groups in total. The Morgan fingerprint density at radius 3 is 2.54 bits per heavy atom. The van der Waals surface area contributed by atoms with Crippen molar-refractivity contribution in [2.75, 3.05) is 18.4 Å². The van der Waals surface area contributed by atoms with Gasteiger partial charge in [-0.05, 0) is 42.7 Å². The summed E-state index contributed by atoms with van der Waals surface area (Å²) in [6.07, 6.45) is 3.48. The van der Waals surface area contributed by atoms with E-state index in [1.54, 1.807) is 4.90 Å². The van der Waals surface area contributed by atoms with Crippen molar-refractivity contribution in [2.45, 2.75) is 32.3 Å². The number of carbonyl (C=O) groups excluding carboxylic acids is 2. The van der Waals surface area contributed by atoms with Crippen LogP contribution in [0.2, 0.25) is 0 Å². The van der Waals surface area contributed by atoms with E-state index < -0.39 is 0 Å². The third-order valence-electron chi connectivity index (χ3n) is 4.39. The van der Waals surface area contributed by atoms with Crippen LogP contribution in [0.4, 0.5) is 5.69 Å². The summed E-state index contributed by atoms with van der Waals surface area (Å²) in [6, 6.07) is 17.2. The van der Waals surface area contributed by atoms with Crippen LogP contribution in [0.25, 0.3) is 0 Å². The molecule has 5 heteroatoms. The van der Waals surface area contributed by atoms with Gasteiger partial charge in [0.1, 0.15) is 12.4 Å². The number of nitrogens with zero attached hydrogens (tertiary/aromatic N) is 1. The van der Waals surface area contributed by atoms with E-state index in [1.807, 2.05) is 54.6 Å². The van der Waals surface area contributed by atoms with Crippen molar-refractivity contribution in [1.82, 2.24) is 4.90 Å². The van der Waals surface area contributed by atoms with E-state index in [2.05, 4.69) is 5.32 Å². The van der Waals surface area contributed by atoms with Gasteiger partial charge in [0, 0.05) is 18.7 Å². The Morgan fingerprint density at radius 2 is 1.77 bits per heavy atom. The fraction of sp³-hybridized carbons (Fsp3) is 0.333. The van der Waals surface area contributed by atoms with Crippen LogP contribution >= 0.6 is 0 Å². The van der Waals surface area contributed by atoms with Gasteiger partial charge in [-0.3, -0.25) is 9.59 Å². The summed E-state index contributed by atoms with van der Waals surface area (Å²) in [5.74, 6) is 0.648. The fourth-order valence-corrected chi connectivity index (χ4v) is 2.95. The third kappa shape index (κ3) is 5.34. The minimum absolute atomic E-state index is 0.0716. The van der Waals surface area contributed by atoms with Crippen molar-refractivity contribution >= 4 is 17.5 Å². The number of carbonyl (C=O) groups is 2. The molecule has 5 nitrogen and oxygen atoms in total. The van der Waals surface area contributed by atoms with Gasteiger partial charge >= 0.3 is 0 Å². The standard InChI is InChI=1S/C21H24N2O3/c24-20(15-23-14-6-2-5-9-21(23)25)22-18-10-12-19(13-11-18)26-16-17-7-3-1-4-8-17/h1,3-4,7-8,10-13H,2,5-6,9,14-16H2,(H,22,24). The van der Waals surface area contributed by atoms with Crippen LogP contribution in [0.5, 0.6) is 5.75 Å². The quantitative estimate of drug-likeness (QED) is 0.864. The van der Waals surface area contributed by atoms with E-state index in [-0.39, 0.29) is 18.4 Å². The number of hydrogen-bond donors (Lipinski definition) is 1. The minimum atomic E-state index is -0.168. The van der Waals surface area contributed by atoms with Crippen molar-refractivity contribution in [1.29, 1.82) is 0 Å². The average Bonchev–Trinajstić information content (AvgIpc) is 2.86. The highest BCUT2D eigenvalue weighted by Gasteiger charge is 2.19. The second kappa shape index (κ2) is 9.04. The first-order valence-corrected chi connectivity index (χ1v) is 9.05. The Labute approximate surface area is 154 Å². The molecule has 0 unspecified atom stereocenters. The molecule has 2 aromatic rings. The number of nitrogens with one attached hydrogen (secondary N) is 1. The lowest BCUT2D eigenvalue weighted by molar-refractivity contribution is -0.134. The molecule has 1 saturated heterocycles. The Balaban J connectivity index is 1.48. The normalized spacial score (nSPS) is 14.6. The van der Waals surface area contributed by atoms with Crippen molar-refractivity contribution < 1.29 is 14.3 Å². The topological polar surface area (TPSA) is 58.6 Å². The molecule has 2 aromatic carbocycles. The zero-order chi connectivity index (χ0) is 18.2. The van der Waals surface area contributed by atoms with E-state index in [4.69, 9.17) is 4.74 Å². The zero-order valence-corrected chi connectivity index (χ0v) is 14.8. The predicted molar refractivity (Wildman–Crippen MR) is 101 cm³/mol. The summed E-state index contributed by atoms with van der Waals surface area (Å²) >= 11 is 0. The molecule has 0 aromatic heterocycles. The van der Waals surface area contributed by atoms with E-state index in [1.165, 1.54) is 0 Å². The van der Waals surface area contributed by atoms with Crippen LogP contribution in [0.3, 0.4) is 0 Å². The number of benzene rings is 2. The molecule has 1 fully saturated rings. The SMILES string of the molecule is O=C(CN1CCCCCC1=O)Nc1ccc(OCc2ccccc2)cc1. The van der Waals surface area contributed by atoms with Gasteiger partial charge in [0.15, 0.2) is 0 Å². The maximum atomic E-state index is 12.2. The van der Waals surface area contributed by atoms with Crippen LogP contribution < -0.4 is 10.1 Å². The maximum Gasteiger partial charge on any atom is 0.243 e. The van der Waals surface area contributed by atoms with E-state index in [0.717, 1.165) is 30.6 Å². The van der Waals surface area contributed by atoms with Gasteiger partial charge in [-0.1, -0.05) is 36.8 Å². The van der Waals surface area contributed by atoms with Gasteiger partial charge in [0.2, 0.25) is 11.8 Å². The summed E-state index contributed by atoms with van der Waals surface area (Å²) in [7, 11) is 0. The first-order valence-electron chi connectivity index (χ1n) is 9.05. The van der Waals surface area contributed by atoms with Gasteiger partial charge in [0.25, 0.3) is 0 Å². The summed E-state index contributed by atoms with van der Waals surface area (Å²) < 4.78 is 5.74. The minimum Gasteiger partial charge on any atom is -0.489 e. The predicted octanol–water partition coefficient (Wildman–Crippen LogP) is 3.61. The number of amides is 2. The van der Waals surface area contributed by atoms with Crippen molar-refractivity contribution in [3.05, 3.63) is 60.2 Å². The Morgan fingerprint density at radius 1 is 1.00 bits per heavy atom. The lowest BCUT2D eigenvalue weighted by Gasteiger charge is -2.19. The first-order chi connectivity index (χ1) is 12.7. The molecule has 1 aliphatic rings. The van der Waals surface area contributed by atoms with E-state index in [0.29, 0.717) is 25.3 Å². The van der Waals surface area contributed by atoms with Crippen LogP contribution in [0, 0.1) is 0 Å². The highest BCUT2D eigenvalue weighted by Crippen LogP contribution is 2.17. The highest BCUT2D eigenvalue weighted by atomic mass is 16.5. The highest BCUT2D eigenvalue weighted by molar-refractivity contribution is 5.94. The summed E-state index contributed by atoms with van der Waals surface area (Å²) in [6.45, 7) is 1.28. The van der Waals surface area contributed by atoms with E-state index >= 15 is 0 Å². The van der Waals surface area contributed by atoms with Gasteiger partial charge in [-0.25, -0.2) is 0 Å². The smallest absolute Gasteiger partial charge is 0.243 e. The molecule has 0 spiro atoms. The molecule has 1 heterocycles. The van der Waals surface area contributed by atoms with Crippen molar-refractivity contribution in [2.24, 2.45) is 0 Å². The number of likely N-dealkylation sites (tertiary alicyclic amines) is 1. The van der Waals surface area contributed by atoms with Crippen LogP contribution in [0.15, 0.2) is 54.6 Å². The second-order valence-electron chi connectivity index (χ2n) is 6.47. The molecule has 26 heavy (non-hydrogen) atoms. The fourth-order valence-electron chi connectivity index (χ4n) is 2.95. The molecule has 136 valence electrons. The average molecular weight is 352 g/mol. The number of anilines is 1. The zero-order valence-electron chi connectivity index (χ0n) is 14.8. The molecular formula is C21H24N2O3. The van der Waals surface area contributed by atoms with Crippen molar-refractivity contribution in [3.8, 4) is 5.75 Å². The molecule has 3 rings (SSSR count). The molecule has 0 saturated carbocycles. The summed E-state index contributed by atoms with van der Waals surface area (Å²) in [5, 5.41) is 2.84. The third-order valence-corrected chi connectivity index (χ3v) is 4.39. The molecule has 0 aliphatic carbocycles. The second-order valence-corrected chi connectivity index (χ2v) is 6.47. The number of rotatable bonds is 6. The van der Waals surface area contributed by atoms with Gasteiger partial charge in [-0.2, -0.15) is 0 Å². The number of hydrogen-bond acceptors (Lipinski definition) is 3. The van der Waals surface area contributed by atoms with Gasteiger partial charge in [0.05, 0.1) is 6.54 Å². The molecule has 1 aliphatic heterocycles. The molecule has 0 atom stereocenters. The largest absolute Gasteiger partial charge is 0.489 e. The Kier molecular flexibility index (Phi) is 6.25. The Hall–Kier alpha value is -2.82. The molecular weight excluding hydrogens is 328 g/mol. The van der Waals surface area contributed by atoms with Gasteiger partial charge in [-0.15, -0.1) is 0 Å². The molecule has 0 radical (unpaired) electrons. The van der Waals surface area contributed by atoms with Crippen LogP contribution in [0.1, 0.15) is 31.2 Å². The van der Waals surface area contributed by atoms with Gasteiger partial charge < -0.3 is 15.0 Å². The lowest BCUT2D eigenvalue weighted by Crippen LogP contribution is -2.37. The number of ether oxygens (including phenoxy) is 1. The first kappa shape index (κ1) is 18.0. The monoisotopic (exact) mass is 352 g/mol. The Bertz CT molecular complexity index is 729. The lowest BCUT2D eigenvalue weighted by atomic mass is 10.2. The maximum absolute atomic E-state index is 12.2. The van der Waals surface area contributed by atoms with Crippen LogP contribution in [-0.4, -0.2) is 29.8 Å². The van der Waals surface area contributed by atoms with E-state index in [9.17, 15) is 9.59 Å². The van der Waals surface area contributed by atoms with Crippen molar-refractivity contribution in [3.63, 3.8) is 0 Å². The van der Waals surface area contributed by atoms with Crippen LogP contribution in [-0.2, 0) is 16.2 Å².